The van der Waals surface area contributed by atoms with E-state index in [2.05, 4.69) is 22.0 Å². The SMILES string of the molecule is Cc1ccc(Br)c([C@H]2[C@H](C(=O)O)C2(C)C)c1. The summed E-state index contributed by atoms with van der Waals surface area (Å²) in [5, 5.41) is 9.17. The fraction of sp³-hybridized carbons (Fsp3) is 0.462. The third-order valence-electron chi connectivity index (χ3n) is 3.58. The molecule has 0 saturated heterocycles. The van der Waals surface area contributed by atoms with Crippen LogP contribution < -0.4 is 0 Å². The summed E-state index contributed by atoms with van der Waals surface area (Å²) in [7, 11) is 0. The molecule has 1 aliphatic rings. The Morgan fingerprint density at radius 2 is 2.06 bits per heavy atom. The minimum absolute atomic E-state index is 0.124. The average molecular weight is 283 g/mol. The molecule has 1 N–H and O–H groups in total. The Kier molecular flexibility index (Phi) is 2.61. The summed E-state index contributed by atoms with van der Waals surface area (Å²) in [4.78, 5) is 11.1. The number of hydrogen-bond donors (Lipinski definition) is 1. The van der Waals surface area contributed by atoms with Crippen molar-refractivity contribution in [2.75, 3.05) is 0 Å². The lowest BCUT2D eigenvalue weighted by atomic mass is 10.0. The summed E-state index contributed by atoms with van der Waals surface area (Å²) in [6.07, 6.45) is 0. The van der Waals surface area contributed by atoms with E-state index in [1.54, 1.807) is 0 Å². The average Bonchev–Trinajstić information content (AvgIpc) is 2.73. The van der Waals surface area contributed by atoms with E-state index in [4.69, 9.17) is 5.11 Å². The summed E-state index contributed by atoms with van der Waals surface area (Å²) < 4.78 is 1.01. The Hall–Kier alpha value is -0.830. The van der Waals surface area contributed by atoms with Crippen LogP contribution >= 0.6 is 15.9 Å². The van der Waals surface area contributed by atoms with E-state index in [9.17, 15) is 4.79 Å². The Balaban J connectivity index is 2.40. The van der Waals surface area contributed by atoms with E-state index < -0.39 is 5.97 Å². The molecule has 0 aliphatic heterocycles. The van der Waals surface area contributed by atoms with Crippen molar-refractivity contribution in [3.8, 4) is 0 Å². The van der Waals surface area contributed by atoms with Crippen LogP contribution in [0.25, 0.3) is 0 Å². The lowest BCUT2D eigenvalue weighted by molar-refractivity contribution is -0.139. The highest BCUT2D eigenvalue weighted by molar-refractivity contribution is 9.10. The maximum absolute atomic E-state index is 11.1. The number of aryl methyl sites for hydroxylation is 1. The molecule has 0 spiro atoms. The smallest absolute Gasteiger partial charge is 0.307 e. The molecule has 0 unspecified atom stereocenters. The first-order valence-electron chi connectivity index (χ1n) is 5.34. The molecular formula is C13H15BrO2. The zero-order chi connectivity index (χ0) is 12.1. The lowest BCUT2D eigenvalue weighted by Crippen LogP contribution is -2.03. The zero-order valence-electron chi connectivity index (χ0n) is 9.62. The maximum atomic E-state index is 11.1. The van der Waals surface area contributed by atoms with Crippen LogP contribution in [0, 0.1) is 18.3 Å². The molecule has 3 heteroatoms. The van der Waals surface area contributed by atoms with Crippen molar-refractivity contribution < 1.29 is 9.90 Å². The monoisotopic (exact) mass is 282 g/mol. The van der Waals surface area contributed by atoms with E-state index in [1.807, 2.05) is 32.9 Å². The molecule has 1 aromatic rings. The number of carboxylic acids is 1. The third kappa shape index (κ3) is 1.67. The van der Waals surface area contributed by atoms with Crippen LogP contribution in [0.4, 0.5) is 0 Å². The Bertz CT molecular complexity index is 451. The molecule has 1 fully saturated rings. The molecule has 86 valence electrons. The molecule has 0 amide bonds. The van der Waals surface area contributed by atoms with Crippen molar-refractivity contribution >= 4 is 21.9 Å². The zero-order valence-corrected chi connectivity index (χ0v) is 11.2. The molecule has 1 saturated carbocycles. The summed E-state index contributed by atoms with van der Waals surface area (Å²) in [5.74, 6) is -0.826. The number of hydrogen-bond acceptors (Lipinski definition) is 1. The Labute approximate surface area is 104 Å². The minimum atomic E-state index is -0.691. The fourth-order valence-electron chi connectivity index (χ4n) is 2.58. The van der Waals surface area contributed by atoms with Gasteiger partial charge >= 0.3 is 5.97 Å². The second kappa shape index (κ2) is 3.59. The van der Waals surface area contributed by atoms with E-state index >= 15 is 0 Å². The van der Waals surface area contributed by atoms with Crippen LogP contribution in [0.3, 0.4) is 0 Å². The molecule has 1 aliphatic carbocycles. The van der Waals surface area contributed by atoms with Crippen LogP contribution in [0.2, 0.25) is 0 Å². The van der Waals surface area contributed by atoms with Crippen LogP contribution in [0.15, 0.2) is 22.7 Å². The van der Waals surface area contributed by atoms with Crippen LogP contribution in [0.1, 0.15) is 30.9 Å². The van der Waals surface area contributed by atoms with Gasteiger partial charge < -0.3 is 5.11 Å². The molecule has 2 rings (SSSR count). The highest BCUT2D eigenvalue weighted by Gasteiger charge is 2.63. The minimum Gasteiger partial charge on any atom is -0.481 e. The van der Waals surface area contributed by atoms with Gasteiger partial charge in [0.25, 0.3) is 0 Å². The summed E-state index contributed by atoms with van der Waals surface area (Å²) in [6.45, 7) is 6.07. The predicted octanol–water partition coefficient (Wildman–Crippen LogP) is 3.58. The largest absolute Gasteiger partial charge is 0.481 e. The quantitative estimate of drug-likeness (QED) is 0.900. The van der Waals surface area contributed by atoms with Gasteiger partial charge in [-0.25, -0.2) is 0 Å². The lowest BCUT2D eigenvalue weighted by Gasteiger charge is -2.06. The number of rotatable bonds is 2. The molecule has 0 bridgehead atoms. The van der Waals surface area contributed by atoms with Crippen molar-refractivity contribution in [3.05, 3.63) is 33.8 Å². The first-order chi connectivity index (χ1) is 7.35. The van der Waals surface area contributed by atoms with Crippen molar-refractivity contribution in [1.29, 1.82) is 0 Å². The first kappa shape index (κ1) is 11.6. The topological polar surface area (TPSA) is 37.3 Å². The van der Waals surface area contributed by atoms with Gasteiger partial charge in [0, 0.05) is 10.4 Å². The normalized spacial score (nSPS) is 26.5. The fourth-order valence-corrected chi connectivity index (χ4v) is 3.07. The Morgan fingerprint density at radius 1 is 1.44 bits per heavy atom. The number of halogens is 1. The second-order valence-corrected chi connectivity index (χ2v) is 5.99. The van der Waals surface area contributed by atoms with Gasteiger partial charge in [-0.05, 0) is 24.0 Å². The highest BCUT2D eigenvalue weighted by atomic mass is 79.9. The van der Waals surface area contributed by atoms with Crippen LogP contribution in [-0.4, -0.2) is 11.1 Å². The van der Waals surface area contributed by atoms with E-state index in [1.165, 1.54) is 5.56 Å². The molecule has 2 atom stereocenters. The van der Waals surface area contributed by atoms with Gasteiger partial charge in [0.05, 0.1) is 5.92 Å². The number of carboxylic acid groups (broad SMARTS) is 1. The van der Waals surface area contributed by atoms with Gasteiger partial charge in [-0.15, -0.1) is 0 Å². The van der Waals surface area contributed by atoms with E-state index in [0.717, 1.165) is 10.0 Å². The molecule has 0 aromatic heterocycles. The second-order valence-electron chi connectivity index (χ2n) is 5.14. The van der Waals surface area contributed by atoms with Crippen molar-refractivity contribution in [2.45, 2.75) is 26.7 Å². The van der Waals surface area contributed by atoms with Gasteiger partial charge in [0.15, 0.2) is 0 Å². The molecule has 16 heavy (non-hydrogen) atoms. The van der Waals surface area contributed by atoms with Crippen molar-refractivity contribution in [1.82, 2.24) is 0 Å². The number of carbonyl (C=O) groups is 1. The van der Waals surface area contributed by atoms with Crippen molar-refractivity contribution in [2.24, 2.45) is 11.3 Å². The summed E-state index contributed by atoms with van der Waals surface area (Å²) in [5.41, 5.74) is 2.16. The molecular weight excluding hydrogens is 268 g/mol. The van der Waals surface area contributed by atoms with Gasteiger partial charge in [0.2, 0.25) is 0 Å². The summed E-state index contributed by atoms with van der Waals surface area (Å²) in [6, 6.07) is 6.11. The van der Waals surface area contributed by atoms with Crippen LogP contribution in [0.5, 0.6) is 0 Å². The van der Waals surface area contributed by atoms with E-state index in [0.29, 0.717) is 0 Å². The molecule has 1 aromatic carbocycles. The van der Waals surface area contributed by atoms with Gasteiger partial charge in [-0.2, -0.15) is 0 Å². The number of benzene rings is 1. The third-order valence-corrected chi connectivity index (χ3v) is 4.30. The van der Waals surface area contributed by atoms with Crippen LogP contribution in [-0.2, 0) is 4.79 Å². The maximum Gasteiger partial charge on any atom is 0.307 e. The van der Waals surface area contributed by atoms with Gasteiger partial charge in [0.1, 0.15) is 0 Å². The Morgan fingerprint density at radius 3 is 2.56 bits per heavy atom. The van der Waals surface area contributed by atoms with E-state index in [-0.39, 0.29) is 17.3 Å². The standard InChI is InChI=1S/C13H15BrO2/c1-7-4-5-9(14)8(6-7)10-11(12(15)16)13(10,2)3/h4-6,10-11H,1-3H3,(H,15,16)/t10-,11+/m0/s1. The summed E-state index contributed by atoms with van der Waals surface area (Å²) >= 11 is 3.51. The highest BCUT2D eigenvalue weighted by Crippen LogP contribution is 2.65. The van der Waals surface area contributed by atoms with Gasteiger partial charge in [-0.1, -0.05) is 47.5 Å². The predicted molar refractivity (Wildman–Crippen MR) is 66.5 cm³/mol. The van der Waals surface area contributed by atoms with Crippen molar-refractivity contribution in [3.63, 3.8) is 0 Å². The molecule has 0 heterocycles. The number of aliphatic carboxylic acids is 1. The molecule has 2 nitrogen and oxygen atoms in total. The first-order valence-corrected chi connectivity index (χ1v) is 6.14. The molecule has 0 radical (unpaired) electrons. The van der Waals surface area contributed by atoms with Gasteiger partial charge in [-0.3, -0.25) is 4.79 Å².